The summed E-state index contributed by atoms with van der Waals surface area (Å²) in [6, 6.07) is 14.1. The van der Waals surface area contributed by atoms with E-state index in [9.17, 15) is 5.11 Å². The van der Waals surface area contributed by atoms with Crippen molar-refractivity contribution in [2.45, 2.75) is 39.8 Å². The number of aromatic nitrogens is 2. The number of aryl methyl sites for hydroxylation is 1. The average Bonchev–Trinajstić information content (AvgIpc) is 2.97. The topological polar surface area (TPSA) is 47.3 Å². The second kappa shape index (κ2) is 7.05. The Morgan fingerprint density at radius 3 is 2.71 bits per heavy atom. The molecule has 126 valence electrons. The van der Waals surface area contributed by atoms with Crippen molar-refractivity contribution in [2.24, 2.45) is 0 Å². The molecule has 0 aliphatic carbocycles. The van der Waals surface area contributed by atoms with Gasteiger partial charge in [0.05, 0.1) is 17.6 Å². The first kappa shape index (κ1) is 16.5. The largest absolute Gasteiger partial charge is 0.491 e. The van der Waals surface area contributed by atoms with Crippen molar-refractivity contribution < 1.29 is 9.84 Å². The molecule has 0 fully saturated rings. The standard InChI is InChI=1S/C20H24N2O2/c1-4-18(23)20-21-16-9-5-6-10-17(16)22(20)12-13-24-19-11-7-8-14(2)15(19)3/h5-11,18,23H,4,12-13H2,1-3H3. The van der Waals surface area contributed by atoms with E-state index in [4.69, 9.17) is 4.74 Å². The lowest BCUT2D eigenvalue weighted by Gasteiger charge is -2.15. The molecule has 2 aromatic carbocycles. The number of aliphatic hydroxyl groups excluding tert-OH is 1. The summed E-state index contributed by atoms with van der Waals surface area (Å²) in [7, 11) is 0. The number of benzene rings is 2. The summed E-state index contributed by atoms with van der Waals surface area (Å²) in [6.45, 7) is 7.31. The summed E-state index contributed by atoms with van der Waals surface area (Å²) >= 11 is 0. The predicted molar refractivity (Wildman–Crippen MR) is 96.4 cm³/mol. The minimum Gasteiger partial charge on any atom is -0.491 e. The molecule has 1 unspecified atom stereocenters. The van der Waals surface area contributed by atoms with Crippen LogP contribution in [-0.2, 0) is 6.54 Å². The van der Waals surface area contributed by atoms with E-state index in [0.29, 0.717) is 25.4 Å². The third-order valence-corrected chi connectivity index (χ3v) is 4.50. The number of imidazole rings is 1. The number of para-hydroxylation sites is 2. The Balaban J connectivity index is 1.83. The first-order valence-corrected chi connectivity index (χ1v) is 8.44. The Morgan fingerprint density at radius 2 is 1.92 bits per heavy atom. The number of nitrogens with zero attached hydrogens (tertiary/aromatic N) is 2. The molecule has 0 radical (unpaired) electrons. The van der Waals surface area contributed by atoms with Gasteiger partial charge in [-0.15, -0.1) is 0 Å². The molecule has 1 N–H and O–H groups in total. The van der Waals surface area contributed by atoms with Gasteiger partial charge in [-0.2, -0.15) is 0 Å². The van der Waals surface area contributed by atoms with Crippen molar-refractivity contribution in [3.8, 4) is 5.75 Å². The van der Waals surface area contributed by atoms with Crippen molar-refractivity contribution in [3.05, 3.63) is 59.4 Å². The van der Waals surface area contributed by atoms with Gasteiger partial charge in [-0.25, -0.2) is 4.98 Å². The Bertz CT molecular complexity index is 839. The Morgan fingerprint density at radius 1 is 1.12 bits per heavy atom. The van der Waals surface area contributed by atoms with Crippen molar-refractivity contribution in [3.63, 3.8) is 0 Å². The number of aliphatic hydroxyl groups is 1. The van der Waals surface area contributed by atoms with Crippen molar-refractivity contribution in [1.29, 1.82) is 0 Å². The van der Waals surface area contributed by atoms with Crippen LogP contribution in [0.3, 0.4) is 0 Å². The normalized spacial score (nSPS) is 12.5. The molecule has 4 heteroatoms. The van der Waals surface area contributed by atoms with Gasteiger partial charge in [-0.3, -0.25) is 0 Å². The van der Waals surface area contributed by atoms with Crippen LogP contribution in [0.25, 0.3) is 11.0 Å². The molecule has 3 aromatic rings. The zero-order valence-electron chi connectivity index (χ0n) is 14.5. The zero-order valence-corrected chi connectivity index (χ0v) is 14.5. The molecule has 1 heterocycles. The van der Waals surface area contributed by atoms with E-state index in [1.165, 1.54) is 11.1 Å². The minimum absolute atomic E-state index is 0.536. The SMILES string of the molecule is CCC(O)c1nc2ccccc2n1CCOc1cccc(C)c1C. The van der Waals surface area contributed by atoms with Crippen LogP contribution < -0.4 is 4.74 Å². The maximum atomic E-state index is 10.3. The summed E-state index contributed by atoms with van der Waals surface area (Å²) in [4.78, 5) is 4.60. The van der Waals surface area contributed by atoms with E-state index in [1.807, 2.05) is 43.3 Å². The van der Waals surface area contributed by atoms with Gasteiger partial charge in [0.15, 0.2) is 0 Å². The van der Waals surface area contributed by atoms with Crippen LogP contribution in [0.5, 0.6) is 5.75 Å². The van der Waals surface area contributed by atoms with Gasteiger partial charge in [0, 0.05) is 0 Å². The van der Waals surface area contributed by atoms with Crippen LogP contribution in [0.2, 0.25) is 0 Å². The lowest BCUT2D eigenvalue weighted by Crippen LogP contribution is -2.14. The molecule has 3 rings (SSSR count). The maximum absolute atomic E-state index is 10.3. The van der Waals surface area contributed by atoms with E-state index in [1.54, 1.807) is 0 Å². The highest BCUT2D eigenvalue weighted by Gasteiger charge is 2.16. The molecule has 0 saturated heterocycles. The molecule has 0 bridgehead atoms. The van der Waals surface area contributed by atoms with Crippen LogP contribution in [-0.4, -0.2) is 21.3 Å². The highest BCUT2D eigenvalue weighted by molar-refractivity contribution is 5.76. The van der Waals surface area contributed by atoms with Crippen LogP contribution in [0.1, 0.15) is 36.4 Å². The lowest BCUT2D eigenvalue weighted by atomic mass is 10.1. The Kier molecular flexibility index (Phi) is 4.86. The number of hydrogen-bond acceptors (Lipinski definition) is 3. The summed E-state index contributed by atoms with van der Waals surface area (Å²) in [6.07, 6.45) is 0.0827. The van der Waals surface area contributed by atoms with Crippen molar-refractivity contribution in [2.75, 3.05) is 6.61 Å². The predicted octanol–water partition coefficient (Wildman–Crippen LogP) is 4.18. The first-order valence-electron chi connectivity index (χ1n) is 8.44. The third-order valence-electron chi connectivity index (χ3n) is 4.50. The van der Waals surface area contributed by atoms with Crippen LogP contribution in [0, 0.1) is 13.8 Å². The van der Waals surface area contributed by atoms with Gasteiger partial charge >= 0.3 is 0 Å². The molecule has 0 aliphatic heterocycles. The summed E-state index contributed by atoms with van der Waals surface area (Å²) in [5.74, 6) is 1.63. The highest BCUT2D eigenvalue weighted by Crippen LogP contribution is 2.24. The molecule has 1 atom stereocenters. The van der Waals surface area contributed by atoms with E-state index in [-0.39, 0.29) is 0 Å². The van der Waals surface area contributed by atoms with Crippen molar-refractivity contribution >= 4 is 11.0 Å². The second-order valence-corrected chi connectivity index (χ2v) is 6.08. The van der Waals surface area contributed by atoms with E-state index in [0.717, 1.165) is 16.8 Å². The smallest absolute Gasteiger partial charge is 0.138 e. The quantitative estimate of drug-likeness (QED) is 0.740. The number of ether oxygens (including phenoxy) is 1. The fourth-order valence-electron chi connectivity index (χ4n) is 2.89. The fraction of sp³-hybridized carbons (Fsp3) is 0.350. The van der Waals surface area contributed by atoms with Crippen molar-refractivity contribution in [1.82, 2.24) is 9.55 Å². The fourth-order valence-corrected chi connectivity index (χ4v) is 2.89. The molecule has 4 nitrogen and oxygen atoms in total. The zero-order chi connectivity index (χ0) is 17.1. The summed E-state index contributed by atoms with van der Waals surface area (Å²) in [5, 5.41) is 10.3. The van der Waals surface area contributed by atoms with Gasteiger partial charge < -0.3 is 14.4 Å². The van der Waals surface area contributed by atoms with Gasteiger partial charge in [0.1, 0.15) is 24.3 Å². The van der Waals surface area contributed by atoms with Gasteiger partial charge in [0.25, 0.3) is 0 Å². The Labute approximate surface area is 142 Å². The molecule has 24 heavy (non-hydrogen) atoms. The van der Waals surface area contributed by atoms with Crippen LogP contribution in [0.15, 0.2) is 42.5 Å². The first-order chi connectivity index (χ1) is 11.6. The van der Waals surface area contributed by atoms with Crippen LogP contribution in [0.4, 0.5) is 0 Å². The minimum atomic E-state index is -0.557. The number of fused-ring (bicyclic) bond motifs is 1. The van der Waals surface area contributed by atoms with Gasteiger partial charge in [0.2, 0.25) is 0 Å². The van der Waals surface area contributed by atoms with E-state index >= 15 is 0 Å². The molecule has 0 amide bonds. The van der Waals surface area contributed by atoms with Crippen LogP contribution >= 0.6 is 0 Å². The monoisotopic (exact) mass is 324 g/mol. The molecular formula is C20H24N2O2. The highest BCUT2D eigenvalue weighted by atomic mass is 16.5. The van der Waals surface area contributed by atoms with Gasteiger partial charge in [-0.1, -0.05) is 31.2 Å². The summed E-state index contributed by atoms with van der Waals surface area (Å²) in [5.41, 5.74) is 4.33. The second-order valence-electron chi connectivity index (χ2n) is 6.08. The molecule has 0 spiro atoms. The molecular weight excluding hydrogens is 300 g/mol. The number of rotatable bonds is 6. The Hall–Kier alpha value is -2.33. The molecule has 0 saturated carbocycles. The van der Waals surface area contributed by atoms with E-state index < -0.39 is 6.10 Å². The summed E-state index contributed by atoms with van der Waals surface area (Å²) < 4.78 is 8.04. The molecule has 1 aromatic heterocycles. The van der Waals surface area contributed by atoms with E-state index in [2.05, 4.69) is 29.5 Å². The van der Waals surface area contributed by atoms with Gasteiger partial charge in [-0.05, 0) is 49.6 Å². The average molecular weight is 324 g/mol. The lowest BCUT2D eigenvalue weighted by molar-refractivity contribution is 0.157. The maximum Gasteiger partial charge on any atom is 0.138 e. The third kappa shape index (κ3) is 3.15. The number of hydrogen-bond donors (Lipinski definition) is 1. The molecule has 0 aliphatic rings.